The van der Waals surface area contributed by atoms with E-state index >= 15 is 0 Å². The van der Waals surface area contributed by atoms with E-state index in [0.29, 0.717) is 6.61 Å². The number of halogens is 3. The third-order valence-electron chi connectivity index (χ3n) is 3.36. The molecular weight excluding hydrogens is 425 g/mol. The zero-order valence-corrected chi connectivity index (χ0v) is 18.0. The Morgan fingerprint density at radius 2 is 1.67 bits per heavy atom. The SMILES string of the molecule is C[Si](C)(C)CCOC(=O)[C@H](CN)NC(=O)OCc1ccccc1.O=C(O)C(F)(F)F. The molecule has 0 aliphatic rings. The highest BCUT2D eigenvalue weighted by Crippen LogP contribution is 2.13. The molecule has 0 bridgehead atoms. The first kappa shape index (κ1) is 27.4. The first-order chi connectivity index (χ1) is 13.8. The van der Waals surface area contributed by atoms with E-state index in [-0.39, 0.29) is 13.2 Å². The van der Waals surface area contributed by atoms with Gasteiger partial charge in [-0.15, -0.1) is 0 Å². The Morgan fingerprint density at radius 1 is 1.13 bits per heavy atom. The summed E-state index contributed by atoms with van der Waals surface area (Å²) in [6, 6.07) is 9.26. The summed E-state index contributed by atoms with van der Waals surface area (Å²) in [5.74, 6) is -3.28. The van der Waals surface area contributed by atoms with Gasteiger partial charge in [0.2, 0.25) is 0 Å². The van der Waals surface area contributed by atoms with Crippen LogP contribution in [0.1, 0.15) is 5.56 Å². The number of carboxylic acid groups (broad SMARTS) is 1. The van der Waals surface area contributed by atoms with Crippen molar-refractivity contribution in [1.29, 1.82) is 0 Å². The van der Waals surface area contributed by atoms with Crippen molar-refractivity contribution in [3.63, 3.8) is 0 Å². The maximum absolute atomic E-state index is 11.9. The van der Waals surface area contributed by atoms with Crippen molar-refractivity contribution in [2.75, 3.05) is 13.2 Å². The van der Waals surface area contributed by atoms with Crippen molar-refractivity contribution in [2.24, 2.45) is 5.73 Å². The van der Waals surface area contributed by atoms with E-state index in [1.54, 1.807) is 0 Å². The highest BCUT2D eigenvalue weighted by Gasteiger charge is 2.38. The smallest absolute Gasteiger partial charge is 0.475 e. The molecule has 0 saturated heterocycles. The summed E-state index contributed by atoms with van der Waals surface area (Å²) in [5, 5.41) is 9.56. The van der Waals surface area contributed by atoms with Crippen LogP contribution in [0.15, 0.2) is 30.3 Å². The maximum Gasteiger partial charge on any atom is 0.490 e. The Kier molecular flexibility index (Phi) is 11.7. The minimum Gasteiger partial charge on any atom is -0.475 e. The number of carboxylic acids is 1. The number of carbonyl (C=O) groups excluding carboxylic acids is 2. The van der Waals surface area contributed by atoms with Crippen LogP contribution < -0.4 is 11.1 Å². The minimum atomic E-state index is -5.08. The summed E-state index contributed by atoms with van der Waals surface area (Å²) < 4.78 is 42.0. The predicted octanol–water partition coefficient (Wildman–Crippen LogP) is 2.75. The van der Waals surface area contributed by atoms with Gasteiger partial charge in [0.1, 0.15) is 12.6 Å². The lowest BCUT2D eigenvalue weighted by Crippen LogP contribution is -2.47. The van der Waals surface area contributed by atoms with E-state index in [0.717, 1.165) is 11.6 Å². The van der Waals surface area contributed by atoms with Crippen molar-refractivity contribution in [3.8, 4) is 0 Å². The fraction of sp³-hybridized carbons (Fsp3) is 0.500. The fourth-order valence-electron chi connectivity index (χ4n) is 1.68. The monoisotopic (exact) mass is 452 g/mol. The number of hydrogen-bond donors (Lipinski definition) is 3. The molecule has 12 heteroatoms. The molecule has 1 amide bonds. The Morgan fingerprint density at radius 3 is 2.10 bits per heavy atom. The second-order valence-corrected chi connectivity index (χ2v) is 12.9. The van der Waals surface area contributed by atoms with Crippen LogP contribution in [0.4, 0.5) is 18.0 Å². The molecule has 1 rings (SSSR count). The van der Waals surface area contributed by atoms with E-state index in [1.165, 1.54) is 0 Å². The van der Waals surface area contributed by atoms with Crippen LogP contribution in [0.5, 0.6) is 0 Å². The van der Waals surface area contributed by atoms with Crippen molar-refractivity contribution in [2.45, 2.75) is 44.5 Å². The number of rotatable bonds is 8. The number of ether oxygens (including phenoxy) is 2. The van der Waals surface area contributed by atoms with Crippen LogP contribution in [-0.2, 0) is 25.7 Å². The zero-order chi connectivity index (χ0) is 23.4. The first-order valence-electron chi connectivity index (χ1n) is 8.90. The first-order valence-corrected chi connectivity index (χ1v) is 12.6. The molecule has 0 radical (unpaired) electrons. The molecule has 0 spiro atoms. The van der Waals surface area contributed by atoms with Gasteiger partial charge >= 0.3 is 24.2 Å². The molecule has 0 aliphatic heterocycles. The molecule has 8 nitrogen and oxygen atoms in total. The summed E-state index contributed by atoms with van der Waals surface area (Å²) in [5.41, 5.74) is 6.39. The molecule has 0 saturated carbocycles. The molecule has 0 unspecified atom stereocenters. The number of esters is 1. The molecule has 0 aliphatic carbocycles. The van der Waals surface area contributed by atoms with Gasteiger partial charge in [0.05, 0.1) is 6.61 Å². The topological polar surface area (TPSA) is 128 Å². The number of nitrogens with two attached hydrogens (primary N) is 1. The second kappa shape index (κ2) is 12.9. The van der Waals surface area contributed by atoms with Gasteiger partial charge in [-0.25, -0.2) is 14.4 Å². The van der Waals surface area contributed by atoms with Gasteiger partial charge in [-0.2, -0.15) is 13.2 Å². The quantitative estimate of drug-likeness (QED) is 0.409. The molecule has 4 N–H and O–H groups in total. The standard InChI is InChI=1S/C16H26N2O4Si.C2HF3O2/c1-23(2,3)10-9-21-15(19)14(11-17)18-16(20)22-12-13-7-5-4-6-8-13;3-2(4,5)1(6)7/h4-8,14H,9-12,17H2,1-3H3,(H,18,20);(H,6,7)/t14-;/m0./s1. The number of alkyl halides is 3. The molecule has 0 fully saturated rings. The number of hydrogen-bond acceptors (Lipinski definition) is 6. The lowest BCUT2D eigenvalue weighted by Gasteiger charge is -2.18. The Hall–Kier alpha value is -2.60. The fourth-order valence-corrected chi connectivity index (χ4v) is 2.39. The van der Waals surface area contributed by atoms with Gasteiger partial charge < -0.3 is 25.6 Å². The predicted molar refractivity (Wildman–Crippen MR) is 105 cm³/mol. The molecule has 1 aromatic carbocycles. The molecule has 0 heterocycles. The minimum absolute atomic E-state index is 0.0355. The van der Waals surface area contributed by atoms with E-state index in [1.807, 2.05) is 30.3 Å². The third-order valence-corrected chi connectivity index (χ3v) is 5.07. The molecule has 30 heavy (non-hydrogen) atoms. The largest absolute Gasteiger partial charge is 0.490 e. The van der Waals surface area contributed by atoms with Gasteiger partial charge in [0.25, 0.3) is 0 Å². The Labute approximate surface area is 173 Å². The van der Waals surface area contributed by atoms with E-state index < -0.39 is 38.3 Å². The van der Waals surface area contributed by atoms with Crippen molar-refractivity contribution in [1.82, 2.24) is 5.32 Å². The third kappa shape index (κ3) is 13.6. The Balaban J connectivity index is 0.00000103. The number of amides is 1. The number of aliphatic carboxylic acids is 1. The maximum atomic E-state index is 11.9. The van der Waals surface area contributed by atoms with E-state index in [9.17, 15) is 22.8 Å². The number of alkyl carbamates (subject to hydrolysis) is 1. The van der Waals surface area contributed by atoms with Gasteiger partial charge in [0, 0.05) is 14.6 Å². The van der Waals surface area contributed by atoms with Crippen LogP contribution in [0.25, 0.3) is 0 Å². The van der Waals surface area contributed by atoms with E-state index in [2.05, 4.69) is 25.0 Å². The van der Waals surface area contributed by atoms with Crippen LogP contribution >= 0.6 is 0 Å². The van der Waals surface area contributed by atoms with Crippen LogP contribution in [0, 0.1) is 0 Å². The number of benzene rings is 1. The highest BCUT2D eigenvalue weighted by molar-refractivity contribution is 6.76. The average molecular weight is 453 g/mol. The van der Waals surface area contributed by atoms with Gasteiger partial charge in [-0.1, -0.05) is 50.0 Å². The van der Waals surface area contributed by atoms with Crippen LogP contribution in [0.3, 0.4) is 0 Å². The summed E-state index contributed by atoms with van der Waals surface area (Å²) in [4.78, 5) is 32.5. The van der Waals surface area contributed by atoms with E-state index in [4.69, 9.17) is 25.1 Å². The molecule has 1 atom stereocenters. The lowest BCUT2D eigenvalue weighted by molar-refractivity contribution is -0.192. The summed E-state index contributed by atoms with van der Waals surface area (Å²) >= 11 is 0. The molecule has 1 aromatic rings. The van der Waals surface area contributed by atoms with Gasteiger partial charge in [0.15, 0.2) is 0 Å². The van der Waals surface area contributed by atoms with Crippen molar-refractivity contribution < 1.29 is 42.1 Å². The lowest BCUT2D eigenvalue weighted by atomic mass is 10.2. The number of carbonyl (C=O) groups is 3. The van der Waals surface area contributed by atoms with Crippen molar-refractivity contribution in [3.05, 3.63) is 35.9 Å². The highest BCUT2D eigenvalue weighted by atomic mass is 28.3. The van der Waals surface area contributed by atoms with Crippen LogP contribution in [-0.4, -0.2) is 56.6 Å². The average Bonchev–Trinajstić information content (AvgIpc) is 2.63. The molecule has 0 aromatic heterocycles. The summed E-state index contributed by atoms with van der Waals surface area (Å²) in [6.07, 6.45) is -5.77. The normalized spacial score (nSPS) is 12.1. The second-order valence-electron chi connectivity index (χ2n) is 7.28. The van der Waals surface area contributed by atoms with Gasteiger partial charge in [-0.05, 0) is 11.6 Å². The molecule has 170 valence electrons. The molecular formula is C18H27F3N2O6Si. The summed E-state index contributed by atoms with van der Waals surface area (Å²) in [6.45, 7) is 7.04. The Bertz CT molecular complexity index is 681. The van der Waals surface area contributed by atoms with Crippen molar-refractivity contribution >= 4 is 26.1 Å². The number of nitrogens with one attached hydrogen (secondary N) is 1. The van der Waals surface area contributed by atoms with Crippen LogP contribution in [0.2, 0.25) is 25.7 Å². The zero-order valence-electron chi connectivity index (χ0n) is 17.0. The summed E-state index contributed by atoms with van der Waals surface area (Å²) in [7, 11) is -1.27. The van der Waals surface area contributed by atoms with Gasteiger partial charge in [-0.3, -0.25) is 0 Å².